The van der Waals surface area contributed by atoms with E-state index in [1.54, 1.807) is 0 Å². The summed E-state index contributed by atoms with van der Waals surface area (Å²) in [4.78, 5) is 24.1. The molecule has 31 heavy (non-hydrogen) atoms. The lowest BCUT2D eigenvalue weighted by Crippen LogP contribution is -2.48. The van der Waals surface area contributed by atoms with Crippen LogP contribution in [0.5, 0.6) is 0 Å². The van der Waals surface area contributed by atoms with Gasteiger partial charge < -0.3 is 10.2 Å². The second-order valence-electron chi connectivity index (χ2n) is 7.43. The maximum atomic E-state index is 11.8. The van der Waals surface area contributed by atoms with E-state index in [9.17, 15) is 10.1 Å². The molecule has 4 rings (SSSR count). The van der Waals surface area contributed by atoms with E-state index in [2.05, 4.69) is 68.7 Å². The van der Waals surface area contributed by atoms with Crippen molar-refractivity contribution in [1.29, 1.82) is 0 Å². The third kappa shape index (κ3) is 4.49. The van der Waals surface area contributed by atoms with Gasteiger partial charge in [-0.3, -0.25) is 15.0 Å². The van der Waals surface area contributed by atoms with Gasteiger partial charge in [0.05, 0.1) is 11.0 Å². The average molecular weight is 419 g/mol. The van der Waals surface area contributed by atoms with Crippen molar-refractivity contribution in [3.63, 3.8) is 0 Å². The Morgan fingerprint density at radius 2 is 1.55 bits per heavy atom. The number of anilines is 2. The Labute approximate surface area is 181 Å². The van der Waals surface area contributed by atoms with Gasteiger partial charge >= 0.3 is 5.69 Å². The lowest BCUT2D eigenvalue weighted by atomic mass is 9.96. The van der Waals surface area contributed by atoms with Crippen LogP contribution in [0, 0.1) is 10.1 Å². The van der Waals surface area contributed by atoms with Gasteiger partial charge in [0.1, 0.15) is 6.33 Å². The lowest BCUT2D eigenvalue weighted by Gasteiger charge is -2.40. The van der Waals surface area contributed by atoms with Gasteiger partial charge in [0.2, 0.25) is 11.6 Å². The normalized spacial score (nSPS) is 14.6. The van der Waals surface area contributed by atoms with Crippen LogP contribution in [0.1, 0.15) is 24.1 Å². The molecule has 0 bridgehead atoms. The molecule has 0 saturated carbocycles. The van der Waals surface area contributed by atoms with Gasteiger partial charge in [0, 0.05) is 32.7 Å². The third-order valence-electron chi connectivity index (χ3n) is 5.54. The number of piperazine rings is 1. The van der Waals surface area contributed by atoms with Crippen molar-refractivity contribution in [1.82, 2.24) is 14.9 Å². The minimum atomic E-state index is -0.392. The Kier molecular flexibility index (Phi) is 6.37. The maximum Gasteiger partial charge on any atom is 0.353 e. The summed E-state index contributed by atoms with van der Waals surface area (Å²) in [6.45, 7) is 5.29. The highest BCUT2D eigenvalue weighted by Crippen LogP contribution is 2.34. The third-order valence-corrected chi connectivity index (χ3v) is 5.54. The van der Waals surface area contributed by atoms with E-state index in [1.165, 1.54) is 17.5 Å². The number of nitro groups is 1. The molecular formula is C23H26N6O2. The fraction of sp³-hybridized carbons (Fsp3) is 0.304. The highest BCUT2D eigenvalue weighted by atomic mass is 16.6. The molecule has 1 fully saturated rings. The van der Waals surface area contributed by atoms with Gasteiger partial charge in [0.25, 0.3) is 0 Å². The van der Waals surface area contributed by atoms with Crippen LogP contribution >= 0.6 is 0 Å². The number of nitrogens with zero attached hydrogens (tertiary/aromatic N) is 5. The molecule has 0 radical (unpaired) electrons. The Balaban J connectivity index is 1.58. The van der Waals surface area contributed by atoms with E-state index in [-0.39, 0.29) is 17.5 Å². The Morgan fingerprint density at radius 3 is 2.06 bits per heavy atom. The standard InChI is InChI=1S/C23H26N6O2/c1-2-24-22-21(29(30)31)23(26-17-25-22)28-15-13-27(14-16-28)20(18-9-5-3-6-10-18)19-11-7-4-8-12-19/h3-12,17,20H,2,13-16H2,1H3,(H,24,25,26). The zero-order valence-electron chi connectivity index (χ0n) is 17.5. The van der Waals surface area contributed by atoms with Crippen molar-refractivity contribution in [2.24, 2.45) is 0 Å². The predicted octanol–water partition coefficient (Wildman–Crippen LogP) is 3.73. The molecule has 0 amide bonds. The first-order chi connectivity index (χ1) is 15.2. The van der Waals surface area contributed by atoms with Gasteiger partial charge in [-0.15, -0.1) is 0 Å². The zero-order valence-corrected chi connectivity index (χ0v) is 17.5. The molecule has 1 saturated heterocycles. The van der Waals surface area contributed by atoms with E-state index in [0.29, 0.717) is 25.5 Å². The van der Waals surface area contributed by atoms with Crippen LogP contribution in [-0.2, 0) is 0 Å². The van der Waals surface area contributed by atoms with E-state index >= 15 is 0 Å². The summed E-state index contributed by atoms with van der Waals surface area (Å²) in [7, 11) is 0. The van der Waals surface area contributed by atoms with Crippen LogP contribution in [0.2, 0.25) is 0 Å². The second-order valence-corrected chi connectivity index (χ2v) is 7.43. The number of rotatable bonds is 7. The summed E-state index contributed by atoms with van der Waals surface area (Å²) in [6.07, 6.45) is 1.39. The monoisotopic (exact) mass is 418 g/mol. The molecule has 3 aromatic rings. The van der Waals surface area contributed by atoms with E-state index in [1.807, 2.05) is 24.0 Å². The van der Waals surface area contributed by atoms with Crippen molar-refractivity contribution >= 4 is 17.3 Å². The van der Waals surface area contributed by atoms with Crippen LogP contribution in [0.3, 0.4) is 0 Å². The molecule has 2 aromatic carbocycles. The highest BCUT2D eigenvalue weighted by Gasteiger charge is 2.31. The zero-order chi connectivity index (χ0) is 21.6. The Hall–Kier alpha value is -3.52. The largest absolute Gasteiger partial charge is 0.364 e. The first-order valence-corrected chi connectivity index (χ1v) is 10.5. The molecule has 8 nitrogen and oxygen atoms in total. The Morgan fingerprint density at radius 1 is 0.968 bits per heavy atom. The summed E-state index contributed by atoms with van der Waals surface area (Å²) >= 11 is 0. The van der Waals surface area contributed by atoms with E-state index < -0.39 is 4.92 Å². The number of hydrogen-bond acceptors (Lipinski definition) is 7. The van der Waals surface area contributed by atoms with Crippen LogP contribution < -0.4 is 10.2 Å². The Bertz CT molecular complexity index is 968. The molecule has 1 N–H and O–H groups in total. The maximum absolute atomic E-state index is 11.8. The molecule has 0 unspecified atom stereocenters. The quantitative estimate of drug-likeness (QED) is 0.462. The summed E-state index contributed by atoms with van der Waals surface area (Å²) in [5, 5.41) is 14.7. The molecule has 2 heterocycles. The van der Waals surface area contributed by atoms with Gasteiger partial charge in [-0.2, -0.15) is 0 Å². The molecule has 0 aliphatic carbocycles. The number of benzene rings is 2. The highest BCUT2D eigenvalue weighted by molar-refractivity contribution is 5.70. The van der Waals surface area contributed by atoms with E-state index in [0.717, 1.165) is 13.1 Å². The SMILES string of the molecule is CCNc1ncnc(N2CCN(C(c3ccccc3)c3ccccc3)CC2)c1[N+](=O)[O-]. The molecule has 0 atom stereocenters. The molecule has 160 valence electrons. The molecule has 8 heteroatoms. The first-order valence-electron chi connectivity index (χ1n) is 10.5. The van der Waals surface area contributed by atoms with Gasteiger partial charge in [-0.1, -0.05) is 60.7 Å². The smallest absolute Gasteiger partial charge is 0.353 e. The fourth-order valence-corrected chi connectivity index (χ4v) is 4.14. The fourth-order valence-electron chi connectivity index (χ4n) is 4.14. The van der Waals surface area contributed by atoms with Crippen molar-refractivity contribution in [2.45, 2.75) is 13.0 Å². The summed E-state index contributed by atoms with van der Waals surface area (Å²) in [5.74, 6) is 0.651. The summed E-state index contributed by atoms with van der Waals surface area (Å²) in [5.41, 5.74) is 2.43. The summed E-state index contributed by atoms with van der Waals surface area (Å²) in [6, 6.07) is 21.1. The van der Waals surface area contributed by atoms with Gasteiger partial charge in [0.15, 0.2) is 0 Å². The first kappa shape index (κ1) is 20.7. The van der Waals surface area contributed by atoms with Crippen molar-refractivity contribution < 1.29 is 4.92 Å². The molecular weight excluding hydrogens is 392 g/mol. The van der Waals surface area contributed by atoms with Crippen LogP contribution in [0.15, 0.2) is 67.0 Å². The topological polar surface area (TPSA) is 87.4 Å². The summed E-state index contributed by atoms with van der Waals surface area (Å²) < 4.78 is 0. The second kappa shape index (κ2) is 9.53. The van der Waals surface area contributed by atoms with Gasteiger partial charge in [-0.25, -0.2) is 9.97 Å². The molecule has 0 spiro atoms. The van der Waals surface area contributed by atoms with E-state index in [4.69, 9.17) is 0 Å². The average Bonchev–Trinajstić information content (AvgIpc) is 2.81. The predicted molar refractivity (Wildman–Crippen MR) is 121 cm³/mol. The van der Waals surface area contributed by atoms with Crippen molar-refractivity contribution in [2.75, 3.05) is 42.9 Å². The molecule has 1 aliphatic rings. The minimum Gasteiger partial charge on any atom is -0.364 e. The van der Waals surface area contributed by atoms with Crippen molar-refractivity contribution in [3.05, 3.63) is 88.2 Å². The number of nitrogens with one attached hydrogen (secondary N) is 1. The van der Waals surface area contributed by atoms with Crippen LogP contribution in [-0.4, -0.2) is 52.5 Å². The molecule has 1 aliphatic heterocycles. The number of hydrogen-bond donors (Lipinski definition) is 1. The van der Waals surface area contributed by atoms with Crippen LogP contribution in [0.25, 0.3) is 0 Å². The van der Waals surface area contributed by atoms with Gasteiger partial charge in [-0.05, 0) is 18.1 Å². The minimum absolute atomic E-state index is 0.0551. The van der Waals surface area contributed by atoms with Crippen LogP contribution in [0.4, 0.5) is 17.3 Å². The number of aromatic nitrogens is 2. The lowest BCUT2D eigenvalue weighted by molar-refractivity contribution is -0.383. The van der Waals surface area contributed by atoms with Crippen molar-refractivity contribution in [3.8, 4) is 0 Å². The molecule has 1 aromatic heterocycles.